The molecular weight excluding hydrogens is 224 g/mol. The number of rotatable bonds is 5. The van der Waals surface area contributed by atoms with Crippen LogP contribution < -0.4 is 5.32 Å². The highest BCUT2D eigenvalue weighted by molar-refractivity contribution is 5.78. The number of ether oxygens (including phenoxy) is 1. The lowest BCUT2D eigenvalue weighted by Gasteiger charge is -2.20. The molecule has 0 bridgehead atoms. The molecule has 0 radical (unpaired) electrons. The van der Waals surface area contributed by atoms with Gasteiger partial charge in [0.15, 0.2) is 0 Å². The van der Waals surface area contributed by atoms with Crippen LogP contribution in [0.1, 0.15) is 24.9 Å². The van der Waals surface area contributed by atoms with E-state index >= 15 is 0 Å². The molecule has 2 unspecified atom stereocenters. The molecule has 2 rings (SSSR count). The average molecular weight is 244 g/mol. The minimum absolute atomic E-state index is 0.238. The Labute approximate surface area is 108 Å². The van der Waals surface area contributed by atoms with Gasteiger partial charge in [-0.05, 0) is 38.1 Å². The van der Waals surface area contributed by atoms with Crippen molar-refractivity contribution in [2.45, 2.75) is 25.5 Å². The molecule has 3 heteroatoms. The van der Waals surface area contributed by atoms with Gasteiger partial charge < -0.3 is 10.1 Å². The summed E-state index contributed by atoms with van der Waals surface area (Å²) >= 11 is 0. The van der Waals surface area contributed by atoms with Gasteiger partial charge in [-0.15, -0.1) is 0 Å². The zero-order valence-electron chi connectivity index (χ0n) is 11.2. The van der Waals surface area contributed by atoms with Crippen molar-refractivity contribution in [1.29, 1.82) is 0 Å². The van der Waals surface area contributed by atoms with Gasteiger partial charge in [0.2, 0.25) is 0 Å². The second-order valence-corrected chi connectivity index (χ2v) is 4.58. The van der Waals surface area contributed by atoms with Crippen LogP contribution in [0.5, 0.6) is 0 Å². The highest BCUT2D eigenvalue weighted by Crippen LogP contribution is 2.22. The first-order chi connectivity index (χ1) is 8.74. The maximum atomic E-state index is 5.34. The predicted octanol–water partition coefficient (Wildman–Crippen LogP) is 2.92. The maximum Gasteiger partial charge on any atom is 0.0705 e. The topological polar surface area (TPSA) is 34.1 Å². The van der Waals surface area contributed by atoms with Crippen LogP contribution in [0.4, 0.5) is 0 Å². The largest absolute Gasteiger partial charge is 0.382 e. The standard InChI is InChI=1S/C15H20N2O/c1-11(18-3)9-14(16-2)13-7-6-12-5-4-8-17-15(12)10-13/h4-8,10-11,14,16H,9H2,1-3H3. The molecule has 0 saturated heterocycles. The molecule has 1 aromatic heterocycles. The van der Waals surface area contributed by atoms with E-state index in [-0.39, 0.29) is 6.10 Å². The quantitative estimate of drug-likeness (QED) is 0.878. The zero-order valence-corrected chi connectivity index (χ0v) is 11.2. The normalized spacial score (nSPS) is 14.6. The molecule has 0 fully saturated rings. The first-order valence-electron chi connectivity index (χ1n) is 6.29. The Bertz CT molecular complexity index is 513. The van der Waals surface area contributed by atoms with Gasteiger partial charge in [0.05, 0.1) is 11.6 Å². The Morgan fingerprint density at radius 1 is 1.33 bits per heavy atom. The summed E-state index contributed by atoms with van der Waals surface area (Å²) in [6, 6.07) is 10.8. The van der Waals surface area contributed by atoms with Crippen molar-refractivity contribution in [3.63, 3.8) is 0 Å². The molecule has 1 aromatic carbocycles. The van der Waals surface area contributed by atoms with Crippen molar-refractivity contribution >= 4 is 10.9 Å². The van der Waals surface area contributed by atoms with Crippen molar-refractivity contribution in [2.75, 3.05) is 14.2 Å². The minimum Gasteiger partial charge on any atom is -0.382 e. The molecule has 3 nitrogen and oxygen atoms in total. The Hall–Kier alpha value is -1.45. The summed E-state index contributed by atoms with van der Waals surface area (Å²) in [4.78, 5) is 4.40. The number of hydrogen-bond acceptors (Lipinski definition) is 3. The van der Waals surface area contributed by atoms with Crippen LogP contribution in [0.3, 0.4) is 0 Å². The molecule has 2 aromatic rings. The smallest absolute Gasteiger partial charge is 0.0705 e. The van der Waals surface area contributed by atoms with E-state index in [0.29, 0.717) is 6.04 Å². The van der Waals surface area contributed by atoms with E-state index in [1.807, 2.05) is 19.3 Å². The van der Waals surface area contributed by atoms with Gasteiger partial charge in [-0.1, -0.05) is 18.2 Å². The van der Waals surface area contributed by atoms with Crippen LogP contribution >= 0.6 is 0 Å². The second-order valence-electron chi connectivity index (χ2n) is 4.58. The Kier molecular flexibility index (Phi) is 4.28. The van der Waals surface area contributed by atoms with Gasteiger partial charge in [-0.25, -0.2) is 0 Å². The van der Waals surface area contributed by atoms with E-state index in [1.54, 1.807) is 7.11 Å². The fraction of sp³-hybridized carbons (Fsp3) is 0.400. The number of nitrogens with zero attached hydrogens (tertiary/aromatic N) is 1. The van der Waals surface area contributed by atoms with Crippen LogP contribution in [0.15, 0.2) is 36.5 Å². The number of nitrogens with one attached hydrogen (secondary N) is 1. The van der Waals surface area contributed by atoms with E-state index in [9.17, 15) is 0 Å². The number of pyridine rings is 1. The van der Waals surface area contributed by atoms with Crippen molar-refractivity contribution < 1.29 is 4.74 Å². The van der Waals surface area contributed by atoms with Crippen molar-refractivity contribution in [1.82, 2.24) is 10.3 Å². The lowest BCUT2D eigenvalue weighted by atomic mass is 10.00. The molecule has 0 spiro atoms. The summed E-state index contributed by atoms with van der Waals surface area (Å²) in [5.41, 5.74) is 2.30. The third-order valence-electron chi connectivity index (χ3n) is 3.35. The van der Waals surface area contributed by atoms with Crippen molar-refractivity contribution in [3.05, 3.63) is 42.1 Å². The predicted molar refractivity (Wildman–Crippen MR) is 74.6 cm³/mol. The van der Waals surface area contributed by atoms with Crippen LogP contribution in [0, 0.1) is 0 Å². The average Bonchev–Trinajstić information content (AvgIpc) is 2.44. The van der Waals surface area contributed by atoms with Crippen LogP contribution in [-0.2, 0) is 4.74 Å². The number of hydrogen-bond donors (Lipinski definition) is 1. The van der Waals surface area contributed by atoms with Gasteiger partial charge in [0, 0.05) is 24.7 Å². The molecule has 0 aliphatic carbocycles. The van der Waals surface area contributed by atoms with Crippen LogP contribution in [0.2, 0.25) is 0 Å². The molecular formula is C15H20N2O. The first kappa shape index (κ1) is 13.0. The summed E-state index contributed by atoms with van der Waals surface area (Å²) in [5, 5.41) is 4.52. The molecule has 0 aliphatic heterocycles. The van der Waals surface area contributed by atoms with Gasteiger partial charge >= 0.3 is 0 Å². The van der Waals surface area contributed by atoms with E-state index < -0.39 is 0 Å². The van der Waals surface area contributed by atoms with Crippen molar-refractivity contribution in [2.24, 2.45) is 0 Å². The maximum absolute atomic E-state index is 5.34. The molecule has 1 N–H and O–H groups in total. The number of methoxy groups -OCH3 is 1. The van der Waals surface area contributed by atoms with E-state index in [1.165, 1.54) is 10.9 Å². The SMILES string of the molecule is CNC(CC(C)OC)c1ccc2cccnc2c1. The molecule has 18 heavy (non-hydrogen) atoms. The third-order valence-corrected chi connectivity index (χ3v) is 3.35. The number of benzene rings is 1. The highest BCUT2D eigenvalue weighted by Gasteiger charge is 2.13. The van der Waals surface area contributed by atoms with E-state index in [0.717, 1.165) is 11.9 Å². The monoisotopic (exact) mass is 244 g/mol. The number of aromatic nitrogens is 1. The lowest BCUT2D eigenvalue weighted by molar-refractivity contribution is 0.101. The molecule has 0 aliphatic rings. The Morgan fingerprint density at radius 3 is 2.89 bits per heavy atom. The van der Waals surface area contributed by atoms with E-state index in [4.69, 9.17) is 4.74 Å². The summed E-state index contributed by atoms with van der Waals surface area (Å²) in [7, 11) is 3.73. The molecule has 0 amide bonds. The van der Waals surface area contributed by atoms with Crippen molar-refractivity contribution in [3.8, 4) is 0 Å². The molecule has 96 valence electrons. The minimum atomic E-state index is 0.238. The molecule has 1 heterocycles. The Balaban J connectivity index is 2.27. The van der Waals surface area contributed by atoms with Crippen LogP contribution in [0.25, 0.3) is 10.9 Å². The summed E-state index contributed by atoms with van der Waals surface area (Å²) in [5.74, 6) is 0. The first-order valence-corrected chi connectivity index (χ1v) is 6.29. The molecule has 0 saturated carbocycles. The van der Waals surface area contributed by atoms with Gasteiger partial charge in [-0.3, -0.25) is 4.98 Å². The summed E-state index contributed by atoms with van der Waals surface area (Å²) in [6.07, 6.45) is 3.02. The lowest BCUT2D eigenvalue weighted by Crippen LogP contribution is -2.21. The summed E-state index contributed by atoms with van der Waals surface area (Å²) < 4.78 is 5.34. The van der Waals surface area contributed by atoms with Gasteiger partial charge in [0.25, 0.3) is 0 Å². The van der Waals surface area contributed by atoms with E-state index in [2.05, 4.69) is 41.5 Å². The van der Waals surface area contributed by atoms with Gasteiger partial charge in [-0.2, -0.15) is 0 Å². The highest BCUT2D eigenvalue weighted by atomic mass is 16.5. The van der Waals surface area contributed by atoms with Gasteiger partial charge in [0.1, 0.15) is 0 Å². The fourth-order valence-corrected chi connectivity index (χ4v) is 2.15. The Morgan fingerprint density at radius 2 is 2.17 bits per heavy atom. The second kappa shape index (κ2) is 5.94. The number of fused-ring (bicyclic) bond motifs is 1. The zero-order chi connectivity index (χ0) is 13.0. The third kappa shape index (κ3) is 2.86. The fourth-order valence-electron chi connectivity index (χ4n) is 2.15. The van der Waals surface area contributed by atoms with Crippen LogP contribution in [-0.4, -0.2) is 25.2 Å². The summed E-state index contributed by atoms with van der Waals surface area (Å²) in [6.45, 7) is 2.09. The molecule has 2 atom stereocenters.